The van der Waals surface area contributed by atoms with Crippen LogP contribution < -0.4 is 10.0 Å². The predicted molar refractivity (Wildman–Crippen MR) is 127 cm³/mol. The molecule has 36 heavy (non-hydrogen) atoms. The number of sulfonamides is 1. The van der Waals surface area contributed by atoms with Crippen LogP contribution in [0.2, 0.25) is 0 Å². The highest BCUT2D eigenvalue weighted by atomic mass is 32.2. The number of aromatic nitrogens is 4. The fraction of sp³-hybridized carbons (Fsp3) is 0.217. The van der Waals surface area contributed by atoms with Crippen molar-refractivity contribution >= 4 is 21.6 Å². The third-order valence-corrected chi connectivity index (χ3v) is 6.12. The molecule has 0 aliphatic heterocycles. The Morgan fingerprint density at radius 3 is 2.56 bits per heavy atom. The molecule has 0 radical (unpaired) electrons. The molecule has 2 N–H and O–H groups in total. The second-order valence-electron chi connectivity index (χ2n) is 8.42. The van der Waals surface area contributed by atoms with Crippen molar-refractivity contribution in [3.63, 3.8) is 0 Å². The fourth-order valence-corrected chi connectivity index (χ4v) is 4.14. The predicted octanol–water partition coefficient (Wildman–Crippen LogP) is 2.86. The van der Waals surface area contributed by atoms with Crippen LogP contribution in [-0.4, -0.2) is 47.0 Å². The van der Waals surface area contributed by atoms with Crippen LogP contribution in [0, 0.1) is 11.6 Å². The molecule has 0 bridgehead atoms. The number of anilines is 1. The largest absolute Gasteiger partial charge is 0.355 e. The summed E-state index contributed by atoms with van der Waals surface area (Å²) < 4.78 is 59.3. The third kappa shape index (κ3) is 5.40. The van der Waals surface area contributed by atoms with Crippen molar-refractivity contribution in [2.75, 3.05) is 17.5 Å². The van der Waals surface area contributed by atoms with Gasteiger partial charge in [0.1, 0.15) is 11.6 Å². The van der Waals surface area contributed by atoms with Gasteiger partial charge in [-0.2, -0.15) is 5.10 Å². The molecule has 0 aliphatic carbocycles. The Morgan fingerprint density at radius 1 is 1.17 bits per heavy atom. The number of halogens is 2. The van der Waals surface area contributed by atoms with E-state index >= 15 is 0 Å². The quantitative estimate of drug-likeness (QED) is 0.368. The highest BCUT2D eigenvalue weighted by Gasteiger charge is 2.33. The van der Waals surface area contributed by atoms with Crippen molar-refractivity contribution in [3.05, 3.63) is 83.6 Å². The monoisotopic (exact) mass is 516 g/mol. The summed E-state index contributed by atoms with van der Waals surface area (Å²) in [5, 5.41) is 10.7. The lowest BCUT2D eigenvalue weighted by molar-refractivity contribution is 0.0938. The molecule has 1 amide bonds. The van der Waals surface area contributed by atoms with Crippen molar-refractivity contribution in [1.29, 1.82) is 0 Å². The van der Waals surface area contributed by atoms with Gasteiger partial charge < -0.3 is 9.84 Å². The van der Waals surface area contributed by atoms with Gasteiger partial charge in [-0.25, -0.2) is 17.2 Å². The van der Waals surface area contributed by atoms with E-state index in [1.165, 1.54) is 18.3 Å². The lowest BCUT2D eigenvalue weighted by Gasteiger charge is -2.28. The molecule has 0 saturated heterocycles. The lowest BCUT2D eigenvalue weighted by Crippen LogP contribution is -2.40. The number of nitrogens with one attached hydrogen (secondary N) is 2. The van der Waals surface area contributed by atoms with Gasteiger partial charge in [0, 0.05) is 37.5 Å². The summed E-state index contributed by atoms with van der Waals surface area (Å²) in [6.45, 7) is 1.91. The van der Waals surface area contributed by atoms with Crippen LogP contribution in [0.5, 0.6) is 0 Å². The van der Waals surface area contributed by atoms with Crippen LogP contribution in [0.25, 0.3) is 11.3 Å². The van der Waals surface area contributed by atoms with Crippen molar-refractivity contribution < 1.29 is 26.5 Å². The number of carbonyl (C=O) groups is 1. The smallest absolute Gasteiger partial charge is 0.273 e. The summed E-state index contributed by atoms with van der Waals surface area (Å²) in [5.74, 6) is -2.19. The van der Waals surface area contributed by atoms with Gasteiger partial charge in [-0.15, -0.1) is 0 Å². The van der Waals surface area contributed by atoms with E-state index < -0.39 is 33.0 Å². The summed E-state index contributed by atoms with van der Waals surface area (Å²) in [6, 6.07) is 7.46. The maximum atomic E-state index is 14.1. The minimum atomic E-state index is -3.47. The average molecular weight is 517 g/mol. The zero-order valence-corrected chi connectivity index (χ0v) is 20.3. The van der Waals surface area contributed by atoms with E-state index in [1.54, 1.807) is 36.3 Å². The van der Waals surface area contributed by atoms with Crippen molar-refractivity contribution in [2.24, 2.45) is 7.05 Å². The minimum absolute atomic E-state index is 0.0247. The minimum Gasteiger partial charge on any atom is -0.355 e. The number of hydrogen-bond donors (Lipinski definition) is 2. The van der Waals surface area contributed by atoms with Crippen LogP contribution >= 0.6 is 0 Å². The molecule has 3 heterocycles. The van der Waals surface area contributed by atoms with Crippen molar-refractivity contribution in [3.8, 4) is 11.3 Å². The Morgan fingerprint density at radius 2 is 1.94 bits per heavy atom. The number of hydrogen-bond acceptors (Lipinski definition) is 7. The van der Waals surface area contributed by atoms with E-state index in [0.717, 1.165) is 17.9 Å². The summed E-state index contributed by atoms with van der Waals surface area (Å²) in [6.07, 6.45) is 5.84. The first-order chi connectivity index (χ1) is 16.9. The van der Waals surface area contributed by atoms with E-state index in [2.05, 4.69) is 25.3 Å². The Hall–Kier alpha value is -4.13. The molecule has 4 aromatic rings. The van der Waals surface area contributed by atoms with Gasteiger partial charge >= 0.3 is 0 Å². The zero-order valence-electron chi connectivity index (χ0n) is 19.5. The molecule has 13 heteroatoms. The molecule has 0 saturated carbocycles. The number of pyridine rings is 1. The van der Waals surface area contributed by atoms with Crippen LogP contribution in [0.1, 0.15) is 28.7 Å². The molecule has 0 aliphatic rings. The van der Waals surface area contributed by atoms with Gasteiger partial charge in [-0.3, -0.25) is 19.2 Å². The maximum Gasteiger partial charge on any atom is 0.273 e. The number of rotatable bonds is 8. The van der Waals surface area contributed by atoms with Gasteiger partial charge in [0.05, 0.1) is 41.0 Å². The van der Waals surface area contributed by atoms with Gasteiger partial charge in [0.15, 0.2) is 11.5 Å². The number of amides is 1. The molecule has 0 fully saturated rings. The molecule has 188 valence electrons. The van der Waals surface area contributed by atoms with Crippen LogP contribution in [0.4, 0.5) is 14.5 Å². The van der Waals surface area contributed by atoms with Gasteiger partial charge in [-0.1, -0.05) is 5.16 Å². The molecular weight excluding hydrogens is 494 g/mol. The summed E-state index contributed by atoms with van der Waals surface area (Å²) in [5.41, 5.74) is 0.600. The number of carbonyl (C=O) groups excluding carboxylic acids is 1. The number of aryl methyl sites for hydroxylation is 1. The van der Waals surface area contributed by atoms with Crippen LogP contribution in [0.15, 0.2) is 59.5 Å². The Bertz CT molecular complexity index is 1520. The van der Waals surface area contributed by atoms with E-state index in [0.29, 0.717) is 17.4 Å². The molecule has 1 atom stereocenters. The Kier molecular flexibility index (Phi) is 6.59. The van der Waals surface area contributed by atoms with Crippen LogP contribution in [-0.2, 0) is 22.5 Å². The lowest BCUT2D eigenvalue weighted by atomic mass is 9.80. The number of benzene rings is 1. The highest BCUT2D eigenvalue weighted by Crippen LogP contribution is 2.31. The van der Waals surface area contributed by atoms with Gasteiger partial charge in [0.2, 0.25) is 10.0 Å². The normalized spacial score (nSPS) is 13.2. The fourth-order valence-electron chi connectivity index (χ4n) is 3.59. The topological polar surface area (TPSA) is 132 Å². The summed E-state index contributed by atoms with van der Waals surface area (Å²) in [7, 11) is -1.72. The van der Waals surface area contributed by atoms with Crippen LogP contribution in [0.3, 0.4) is 0 Å². The average Bonchev–Trinajstić information content (AvgIpc) is 3.46. The maximum absolute atomic E-state index is 14.1. The highest BCUT2D eigenvalue weighted by molar-refractivity contribution is 7.92. The Balaban J connectivity index is 1.57. The van der Waals surface area contributed by atoms with Gasteiger partial charge in [-0.05, 0) is 31.2 Å². The molecule has 0 spiro atoms. The SMILES string of the molecule is Cn1cc(C(C)(CNC(=O)c2cc(-c3ccc(F)cc3F)on2)c2ccc(NS(C)(=O)=O)cn2)cn1. The second-order valence-corrected chi connectivity index (χ2v) is 10.2. The van der Waals surface area contributed by atoms with Crippen molar-refractivity contribution in [2.45, 2.75) is 12.3 Å². The second kappa shape index (κ2) is 9.49. The van der Waals surface area contributed by atoms with E-state index in [-0.39, 0.29) is 23.6 Å². The van der Waals surface area contributed by atoms with E-state index in [4.69, 9.17) is 4.52 Å². The Labute approximate surface area is 205 Å². The first-order valence-corrected chi connectivity index (χ1v) is 12.5. The number of nitrogens with zero attached hydrogens (tertiary/aromatic N) is 4. The van der Waals surface area contributed by atoms with Gasteiger partial charge in [0.25, 0.3) is 5.91 Å². The molecule has 3 aromatic heterocycles. The molecule has 1 aromatic carbocycles. The first kappa shape index (κ1) is 25.0. The molecule has 1 unspecified atom stereocenters. The molecular formula is C23H22F2N6O4S. The van der Waals surface area contributed by atoms with Crippen molar-refractivity contribution in [1.82, 2.24) is 25.2 Å². The molecule has 10 nitrogen and oxygen atoms in total. The first-order valence-electron chi connectivity index (χ1n) is 10.6. The zero-order chi connectivity index (χ0) is 26.1. The third-order valence-electron chi connectivity index (χ3n) is 5.52. The van der Waals surface area contributed by atoms with E-state index in [1.807, 2.05) is 6.92 Å². The molecule has 4 rings (SSSR count). The van der Waals surface area contributed by atoms with E-state index in [9.17, 15) is 22.0 Å². The summed E-state index contributed by atoms with van der Waals surface area (Å²) in [4.78, 5) is 17.3. The summed E-state index contributed by atoms with van der Waals surface area (Å²) >= 11 is 0. The standard InChI is InChI=1S/C23H22F2N6O4S/c1-23(14-10-28-31(2)12-14,21-7-5-16(11-26-21)30-36(3,33)34)13-27-22(32)19-9-20(35-29-19)17-6-4-15(24)8-18(17)25/h4-12,30H,13H2,1-3H3,(H,27,32).